The van der Waals surface area contributed by atoms with Crippen molar-refractivity contribution in [3.63, 3.8) is 0 Å². The molecule has 0 aliphatic rings. The summed E-state index contributed by atoms with van der Waals surface area (Å²) in [5, 5.41) is 0. The van der Waals surface area contributed by atoms with Gasteiger partial charge < -0.3 is 11.0 Å². The fraction of sp³-hybridized carbons (Fsp3) is 0.400. The standard InChI is InChI=1S/C5H7N/c1-4-5-6(2)3/h1H,2-3H3. The molecule has 32 valence electrons. The minimum Gasteiger partial charge on any atom is -0.340 e. The Morgan fingerprint density at radius 1 is 1.67 bits per heavy atom. The monoisotopic (exact) mass is 81.1 g/mol. The Bertz CT molecular complexity index is 91.0. The molecule has 6 heavy (non-hydrogen) atoms. The lowest BCUT2D eigenvalue weighted by Crippen LogP contribution is -1.94. The van der Waals surface area contributed by atoms with Gasteiger partial charge in [0.2, 0.25) is 0 Å². The van der Waals surface area contributed by atoms with Gasteiger partial charge in [0.25, 0.3) is 0 Å². The van der Waals surface area contributed by atoms with E-state index in [0.29, 0.717) is 0 Å². The zero-order valence-corrected chi connectivity index (χ0v) is 4.02. The van der Waals surface area contributed by atoms with E-state index in [4.69, 9.17) is 6.42 Å². The van der Waals surface area contributed by atoms with E-state index in [9.17, 15) is 0 Å². The van der Waals surface area contributed by atoms with Crippen molar-refractivity contribution >= 4 is 6.21 Å². The molecule has 0 aromatic carbocycles. The van der Waals surface area contributed by atoms with Crippen LogP contribution in [0.1, 0.15) is 0 Å². The second kappa shape index (κ2) is 2.47. The summed E-state index contributed by atoms with van der Waals surface area (Å²) in [6.45, 7) is 0. The third-order valence-electron chi connectivity index (χ3n) is 0.288. The molecule has 0 unspecified atom stereocenters. The quantitative estimate of drug-likeness (QED) is 0.165. The first kappa shape index (κ1) is 5.23. The fourth-order valence-electron chi connectivity index (χ4n) is 0.129. The SMILES string of the molecule is C#C[C-]=[N+](C)C. The Hall–Kier alpha value is -0.770. The molecule has 0 saturated heterocycles. The van der Waals surface area contributed by atoms with Gasteiger partial charge in [0.15, 0.2) is 0 Å². The summed E-state index contributed by atoms with van der Waals surface area (Å²) in [6, 6.07) is 0. The zero-order valence-electron chi connectivity index (χ0n) is 4.02. The Labute approximate surface area is 38.3 Å². The Morgan fingerprint density at radius 2 is 2.17 bits per heavy atom. The zero-order chi connectivity index (χ0) is 4.99. The summed E-state index contributed by atoms with van der Waals surface area (Å²) in [4.78, 5) is 0. The molecule has 1 heteroatoms. The molecule has 0 saturated carbocycles. The molecule has 0 radical (unpaired) electrons. The van der Waals surface area contributed by atoms with Gasteiger partial charge in [-0.2, -0.15) is 0 Å². The number of hydrogen-bond donors (Lipinski definition) is 0. The van der Waals surface area contributed by atoms with Crippen LogP contribution >= 0.6 is 0 Å². The van der Waals surface area contributed by atoms with E-state index in [1.165, 1.54) is 0 Å². The van der Waals surface area contributed by atoms with E-state index in [0.717, 1.165) is 0 Å². The number of hydrogen-bond acceptors (Lipinski definition) is 0. The van der Waals surface area contributed by atoms with Crippen LogP contribution in [0.3, 0.4) is 0 Å². The van der Waals surface area contributed by atoms with Gasteiger partial charge in [-0.05, 0) is 0 Å². The number of terminal acetylenes is 1. The average Bonchev–Trinajstić information content (AvgIpc) is 1.35. The first-order chi connectivity index (χ1) is 2.77. The van der Waals surface area contributed by atoms with Gasteiger partial charge >= 0.3 is 0 Å². The minimum absolute atomic E-state index is 1.69. The first-order valence-electron chi connectivity index (χ1n) is 1.66. The van der Waals surface area contributed by atoms with E-state index >= 15 is 0 Å². The highest BCUT2D eigenvalue weighted by molar-refractivity contribution is 5.72. The number of rotatable bonds is 0. The Balaban J connectivity index is 3.51. The smallest absolute Gasteiger partial charge is 0.115 e. The second-order valence-electron chi connectivity index (χ2n) is 1.15. The maximum absolute atomic E-state index is 4.83. The third-order valence-corrected chi connectivity index (χ3v) is 0.288. The van der Waals surface area contributed by atoms with E-state index in [1.54, 1.807) is 4.58 Å². The minimum atomic E-state index is 1.69. The van der Waals surface area contributed by atoms with Gasteiger partial charge in [0.05, 0.1) is 6.21 Å². The molecule has 0 spiro atoms. The van der Waals surface area contributed by atoms with Crippen molar-refractivity contribution in [3.05, 3.63) is 0 Å². The van der Waals surface area contributed by atoms with Gasteiger partial charge in [-0.1, -0.05) is 0 Å². The Kier molecular flexibility index (Phi) is 2.15. The molecule has 0 fully saturated rings. The largest absolute Gasteiger partial charge is 0.340 e. The molecule has 0 heterocycles. The predicted molar refractivity (Wildman–Crippen MR) is 25.9 cm³/mol. The molecule has 0 amide bonds. The van der Waals surface area contributed by atoms with Gasteiger partial charge in [0.1, 0.15) is 14.1 Å². The number of nitrogens with zero attached hydrogens (tertiary/aromatic N) is 1. The first-order valence-corrected chi connectivity index (χ1v) is 1.66. The molecular formula is C5H7N. The van der Waals surface area contributed by atoms with E-state index in [1.807, 2.05) is 14.1 Å². The van der Waals surface area contributed by atoms with Crippen molar-refractivity contribution in [1.82, 2.24) is 0 Å². The fourth-order valence-corrected chi connectivity index (χ4v) is 0.129. The van der Waals surface area contributed by atoms with Gasteiger partial charge in [-0.25, -0.2) is 5.92 Å². The maximum atomic E-state index is 4.83. The summed E-state index contributed by atoms with van der Waals surface area (Å²) in [5.74, 6) is 2.24. The summed E-state index contributed by atoms with van der Waals surface area (Å²) in [5.41, 5.74) is 0. The predicted octanol–water partition coefficient (Wildman–Crippen LogP) is -0.161. The topological polar surface area (TPSA) is 3.01 Å². The molecule has 0 bridgehead atoms. The van der Waals surface area contributed by atoms with Crippen molar-refractivity contribution in [1.29, 1.82) is 0 Å². The van der Waals surface area contributed by atoms with E-state index in [2.05, 4.69) is 12.1 Å². The molecule has 0 rings (SSSR count). The maximum Gasteiger partial charge on any atom is 0.115 e. The van der Waals surface area contributed by atoms with Crippen LogP contribution in [0.2, 0.25) is 0 Å². The van der Waals surface area contributed by atoms with Crippen molar-refractivity contribution in [2.75, 3.05) is 14.1 Å². The van der Waals surface area contributed by atoms with Crippen LogP contribution < -0.4 is 0 Å². The second-order valence-corrected chi connectivity index (χ2v) is 1.15. The summed E-state index contributed by atoms with van der Waals surface area (Å²) in [6.07, 6.45) is 7.40. The van der Waals surface area contributed by atoms with Crippen LogP contribution in [0.25, 0.3) is 0 Å². The van der Waals surface area contributed by atoms with Gasteiger partial charge in [0, 0.05) is 0 Å². The summed E-state index contributed by atoms with van der Waals surface area (Å²) in [7, 11) is 3.67. The molecule has 0 atom stereocenters. The van der Waals surface area contributed by atoms with Crippen LogP contribution in [-0.2, 0) is 0 Å². The van der Waals surface area contributed by atoms with Crippen molar-refractivity contribution < 1.29 is 4.58 Å². The van der Waals surface area contributed by atoms with Crippen LogP contribution in [0.15, 0.2) is 0 Å². The molecule has 0 N–H and O–H groups in total. The molecule has 0 aliphatic heterocycles. The van der Waals surface area contributed by atoms with Gasteiger partial charge in [-0.3, -0.25) is 0 Å². The van der Waals surface area contributed by atoms with E-state index < -0.39 is 0 Å². The van der Waals surface area contributed by atoms with Crippen molar-refractivity contribution in [2.24, 2.45) is 0 Å². The van der Waals surface area contributed by atoms with Crippen LogP contribution in [0.4, 0.5) is 0 Å². The molecule has 0 aliphatic carbocycles. The highest BCUT2D eigenvalue weighted by Gasteiger charge is 1.60. The summed E-state index contributed by atoms with van der Waals surface area (Å²) < 4.78 is 1.69. The normalized spacial score (nSPS) is 6.17. The average molecular weight is 81.1 g/mol. The van der Waals surface area contributed by atoms with Crippen LogP contribution in [0, 0.1) is 12.3 Å². The lowest BCUT2D eigenvalue weighted by molar-refractivity contribution is -0.458. The molecule has 0 aromatic rings. The van der Waals surface area contributed by atoms with Gasteiger partial charge in [-0.15, -0.1) is 0 Å². The molecule has 1 nitrogen and oxygen atoms in total. The lowest BCUT2D eigenvalue weighted by atomic mass is 10.7. The highest BCUT2D eigenvalue weighted by Crippen LogP contribution is 1.44. The van der Waals surface area contributed by atoms with Crippen molar-refractivity contribution in [3.8, 4) is 12.3 Å². The third kappa shape index (κ3) is 3.23. The Morgan fingerprint density at radius 3 is 2.17 bits per heavy atom. The lowest BCUT2D eigenvalue weighted by Gasteiger charge is -1.80. The molecule has 0 aromatic heterocycles. The summed E-state index contributed by atoms with van der Waals surface area (Å²) >= 11 is 0. The van der Waals surface area contributed by atoms with Crippen LogP contribution in [-0.4, -0.2) is 24.9 Å². The highest BCUT2D eigenvalue weighted by atomic mass is 14.9. The van der Waals surface area contributed by atoms with Crippen LogP contribution in [0.5, 0.6) is 0 Å². The van der Waals surface area contributed by atoms with Crippen molar-refractivity contribution in [2.45, 2.75) is 0 Å². The van der Waals surface area contributed by atoms with E-state index in [-0.39, 0.29) is 0 Å². The molecular weight excluding hydrogens is 74.1 g/mol.